The van der Waals surface area contributed by atoms with Crippen LogP contribution in [0.15, 0.2) is 56.6 Å². The fourth-order valence-electron chi connectivity index (χ4n) is 2.34. The number of carbonyl (C=O) groups excluding carboxylic acids is 1. The molecule has 0 unspecified atom stereocenters. The molecule has 3 N–H and O–H groups in total. The van der Waals surface area contributed by atoms with Crippen LogP contribution in [0.3, 0.4) is 0 Å². The molecule has 1 aromatic carbocycles. The SMILES string of the molecule is Cc1cc(COc2ccccc2)oc1C(=O)NCc1c[nH]c(=O)[nH]c1=O. The Morgan fingerprint density at radius 3 is 2.73 bits per heavy atom. The van der Waals surface area contributed by atoms with Gasteiger partial charge in [-0.1, -0.05) is 18.2 Å². The van der Waals surface area contributed by atoms with Crippen LogP contribution in [0.1, 0.15) is 27.4 Å². The Bertz CT molecular complexity index is 1020. The number of H-pyrrole nitrogens is 2. The van der Waals surface area contributed by atoms with Gasteiger partial charge in [0.15, 0.2) is 5.76 Å². The van der Waals surface area contributed by atoms with Gasteiger partial charge in [-0.25, -0.2) is 4.79 Å². The Hall–Kier alpha value is -3.55. The maximum Gasteiger partial charge on any atom is 0.325 e. The minimum atomic E-state index is -0.602. The first-order valence-electron chi connectivity index (χ1n) is 7.89. The summed E-state index contributed by atoms with van der Waals surface area (Å²) in [6, 6.07) is 11.0. The van der Waals surface area contributed by atoms with Crippen molar-refractivity contribution in [3.63, 3.8) is 0 Å². The van der Waals surface area contributed by atoms with Gasteiger partial charge < -0.3 is 19.5 Å². The van der Waals surface area contributed by atoms with Crippen molar-refractivity contribution in [2.24, 2.45) is 0 Å². The lowest BCUT2D eigenvalue weighted by Gasteiger charge is -2.04. The van der Waals surface area contributed by atoms with E-state index >= 15 is 0 Å². The monoisotopic (exact) mass is 355 g/mol. The number of ether oxygens (including phenoxy) is 1. The molecule has 8 heteroatoms. The quantitative estimate of drug-likeness (QED) is 0.619. The van der Waals surface area contributed by atoms with Gasteiger partial charge in [-0.15, -0.1) is 0 Å². The van der Waals surface area contributed by atoms with Crippen LogP contribution in [-0.2, 0) is 13.2 Å². The minimum absolute atomic E-state index is 0.0407. The van der Waals surface area contributed by atoms with Crippen molar-refractivity contribution >= 4 is 5.91 Å². The van der Waals surface area contributed by atoms with Crippen LogP contribution in [0, 0.1) is 6.92 Å². The van der Waals surface area contributed by atoms with Crippen LogP contribution >= 0.6 is 0 Å². The molecule has 0 aliphatic rings. The van der Waals surface area contributed by atoms with Crippen LogP contribution in [0.5, 0.6) is 5.75 Å². The maximum absolute atomic E-state index is 12.3. The number of para-hydroxylation sites is 1. The van der Waals surface area contributed by atoms with Gasteiger partial charge in [0.05, 0.1) is 12.1 Å². The molecule has 1 amide bonds. The Kier molecular flexibility index (Phi) is 5.02. The van der Waals surface area contributed by atoms with Crippen molar-refractivity contribution in [1.82, 2.24) is 15.3 Å². The number of furan rings is 1. The van der Waals surface area contributed by atoms with Gasteiger partial charge in [0.25, 0.3) is 11.5 Å². The van der Waals surface area contributed by atoms with E-state index in [9.17, 15) is 14.4 Å². The highest BCUT2D eigenvalue weighted by molar-refractivity contribution is 5.92. The summed E-state index contributed by atoms with van der Waals surface area (Å²) in [5.74, 6) is 0.903. The van der Waals surface area contributed by atoms with Gasteiger partial charge in [-0.05, 0) is 25.1 Å². The van der Waals surface area contributed by atoms with E-state index < -0.39 is 17.2 Å². The Balaban J connectivity index is 1.63. The molecule has 0 saturated heterocycles. The number of aromatic nitrogens is 2. The molecule has 3 aromatic rings. The van der Waals surface area contributed by atoms with Gasteiger partial charge in [-0.3, -0.25) is 14.6 Å². The molecule has 0 radical (unpaired) electrons. The second kappa shape index (κ2) is 7.56. The molecule has 26 heavy (non-hydrogen) atoms. The summed E-state index contributed by atoms with van der Waals surface area (Å²) in [6.45, 7) is 1.90. The third kappa shape index (κ3) is 4.10. The number of nitrogens with one attached hydrogen (secondary N) is 3. The Labute approximate surface area is 147 Å². The van der Waals surface area contributed by atoms with Crippen molar-refractivity contribution in [1.29, 1.82) is 0 Å². The first-order chi connectivity index (χ1) is 12.5. The number of carbonyl (C=O) groups is 1. The molecule has 0 fully saturated rings. The number of amides is 1. The third-order valence-electron chi connectivity index (χ3n) is 3.63. The second-order valence-electron chi connectivity index (χ2n) is 5.61. The molecule has 2 heterocycles. The summed E-state index contributed by atoms with van der Waals surface area (Å²) in [4.78, 5) is 39.3. The number of aryl methyl sites for hydroxylation is 1. The van der Waals surface area contributed by atoms with Gasteiger partial charge in [0.1, 0.15) is 18.1 Å². The van der Waals surface area contributed by atoms with Gasteiger partial charge in [0, 0.05) is 11.8 Å². The van der Waals surface area contributed by atoms with E-state index in [1.165, 1.54) is 6.20 Å². The third-order valence-corrected chi connectivity index (χ3v) is 3.63. The van der Waals surface area contributed by atoms with E-state index in [0.717, 1.165) is 0 Å². The topological polar surface area (TPSA) is 117 Å². The Morgan fingerprint density at radius 1 is 1.23 bits per heavy atom. The number of aromatic amines is 2. The van der Waals surface area contributed by atoms with Crippen molar-refractivity contribution in [3.8, 4) is 5.75 Å². The normalized spacial score (nSPS) is 10.5. The van der Waals surface area contributed by atoms with E-state index in [-0.39, 0.29) is 24.5 Å². The lowest BCUT2D eigenvalue weighted by atomic mass is 10.2. The fourth-order valence-corrected chi connectivity index (χ4v) is 2.34. The van der Waals surface area contributed by atoms with Crippen LogP contribution in [0.2, 0.25) is 0 Å². The predicted molar refractivity (Wildman–Crippen MR) is 93.1 cm³/mol. The molecule has 0 aliphatic carbocycles. The molecule has 134 valence electrons. The first-order valence-corrected chi connectivity index (χ1v) is 7.89. The number of benzene rings is 1. The highest BCUT2D eigenvalue weighted by Crippen LogP contribution is 2.17. The predicted octanol–water partition coefficient (Wildman–Crippen LogP) is 1.47. The molecule has 2 aromatic heterocycles. The second-order valence-corrected chi connectivity index (χ2v) is 5.61. The van der Waals surface area contributed by atoms with Crippen LogP contribution < -0.4 is 21.3 Å². The molecular formula is C18H17N3O5. The maximum atomic E-state index is 12.3. The Morgan fingerprint density at radius 2 is 2.00 bits per heavy atom. The van der Waals surface area contributed by atoms with Crippen molar-refractivity contribution in [2.75, 3.05) is 0 Å². The van der Waals surface area contributed by atoms with Crippen molar-refractivity contribution in [2.45, 2.75) is 20.1 Å². The van der Waals surface area contributed by atoms with E-state index in [0.29, 0.717) is 17.1 Å². The highest BCUT2D eigenvalue weighted by Gasteiger charge is 2.16. The summed E-state index contributed by atoms with van der Waals surface area (Å²) < 4.78 is 11.1. The standard InChI is InChI=1S/C18H17N3O5/c1-11-7-14(10-25-13-5-3-2-4-6-13)26-15(11)17(23)19-8-12-9-20-18(24)21-16(12)22/h2-7,9H,8,10H2,1H3,(H,19,23)(H2,20,21,22,24). The van der Waals surface area contributed by atoms with Crippen LogP contribution in [0.25, 0.3) is 0 Å². The molecule has 0 saturated carbocycles. The van der Waals surface area contributed by atoms with E-state index in [1.54, 1.807) is 13.0 Å². The van der Waals surface area contributed by atoms with Crippen LogP contribution in [0.4, 0.5) is 0 Å². The molecule has 3 rings (SSSR count). The smallest absolute Gasteiger partial charge is 0.325 e. The van der Waals surface area contributed by atoms with E-state index in [2.05, 4.69) is 15.3 Å². The first kappa shape index (κ1) is 17.3. The van der Waals surface area contributed by atoms with Crippen molar-refractivity contribution < 1.29 is 13.9 Å². The van der Waals surface area contributed by atoms with E-state index in [4.69, 9.17) is 9.15 Å². The summed E-state index contributed by atoms with van der Waals surface area (Å²) in [5, 5.41) is 2.59. The fraction of sp³-hybridized carbons (Fsp3) is 0.167. The summed E-state index contributed by atoms with van der Waals surface area (Å²) in [7, 11) is 0. The zero-order valence-corrected chi connectivity index (χ0v) is 14.0. The summed E-state index contributed by atoms with van der Waals surface area (Å²) in [6.07, 6.45) is 1.26. The van der Waals surface area contributed by atoms with Gasteiger partial charge >= 0.3 is 5.69 Å². The van der Waals surface area contributed by atoms with Gasteiger partial charge in [0.2, 0.25) is 0 Å². The summed E-state index contributed by atoms with van der Waals surface area (Å²) in [5.41, 5.74) is -0.267. The molecule has 0 atom stereocenters. The molecule has 0 aliphatic heterocycles. The summed E-state index contributed by atoms with van der Waals surface area (Å²) >= 11 is 0. The van der Waals surface area contributed by atoms with E-state index in [1.807, 2.05) is 30.3 Å². The number of rotatable bonds is 6. The molecule has 0 spiro atoms. The lowest BCUT2D eigenvalue weighted by Crippen LogP contribution is -2.30. The number of hydrogen-bond donors (Lipinski definition) is 3. The number of hydrogen-bond acceptors (Lipinski definition) is 5. The average molecular weight is 355 g/mol. The molecule has 8 nitrogen and oxygen atoms in total. The highest BCUT2D eigenvalue weighted by atomic mass is 16.5. The largest absolute Gasteiger partial charge is 0.486 e. The zero-order chi connectivity index (χ0) is 18.5. The van der Waals surface area contributed by atoms with Gasteiger partial charge in [-0.2, -0.15) is 0 Å². The average Bonchev–Trinajstić information content (AvgIpc) is 3.01. The molecule has 0 bridgehead atoms. The van der Waals surface area contributed by atoms with Crippen LogP contribution in [-0.4, -0.2) is 15.9 Å². The molecular weight excluding hydrogens is 338 g/mol. The van der Waals surface area contributed by atoms with Crippen molar-refractivity contribution in [3.05, 3.63) is 86.1 Å². The minimum Gasteiger partial charge on any atom is -0.486 e. The lowest BCUT2D eigenvalue weighted by molar-refractivity contribution is 0.0918. The zero-order valence-electron chi connectivity index (χ0n) is 14.0.